The van der Waals surface area contributed by atoms with Crippen LogP contribution in [0.4, 0.5) is 0 Å². The topological polar surface area (TPSA) is 35.5 Å². The van der Waals surface area contributed by atoms with Gasteiger partial charge in [0.05, 0.1) is 13.2 Å². The molecule has 0 bridgehead atoms. The van der Waals surface area contributed by atoms with Gasteiger partial charge in [-0.05, 0) is 30.5 Å². The van der Waals surface area contributed by atoms with Crippen molar-refractivity contribution in [3.05, 3.63) is 29.3 Å². The first-order valence-electron chi connectivity index (χ1n) is 6.49. The summed E-state index contributed by atoms with van der Waals surface area (Å²) in [5, 5.41) is 0. The molecule has 0 aliphatic carbocycles. The highest BCUT2D eigenvalue weighted by molar-refractivity contribution is 5.65. The summed E-state index contributed by atoms with van der Waals surface area (Å²) in [6.07, 6.45) is 2.96. The molecular weight excluding hydrogens is 228 g/mol. The zero-order valence-electron chi connectivity index (χ0n) is 11.5. The summed E-state index contributed by atoms with van der Waals surface area (Å²) in [5.74, 6) is 0.714. The molecule has 0 aromatic heterocycles. The van der Waals surface area contributed by atoms with Crippen LogP contribution in [0, 0.1) is 6.92 Å². The molecule has 1 aromatic carbocycles. The molecule has 3 heteroatoms. The fourth-order valence-corrected chi connectivity index (χ4v) is 1.67. The second kappa shape index (κ2) is 7.75. The standard InChI is InChI=1S/C15H22O3/c1-4-5-9-18-15-7-6-14(11-12(15)2)8-10-17-13(3)16/h6-7,11H,4-5,8-10H2,1-3H3. The van der Waals surface area contributed by atoms with Crippen LogP contribution in [0.5, 0.6) is 5.75 Å². The minimum Gasteiger partial charge on any atom is -0.493 e. The third-order valence-electron chi connectivity index (χ3n) is 2.69. The van der Waals surface area contributed by atoms with Gasteiger partial charge in [-0.3, -0.25) is 4.79 Å². The van der Waals surface area contributed by atoms with E-state index in [1.807, 2.05) is 19.1 Å². The Labute approximate surface area is 109 Å². The highest BCUT2D eigenvalue weighted by Crippen LogP contribution is 2.19. The Morgan fingerprint density at radius 2 is 2.06 bits per heavy atom. The second-order valence-corrected chi connectivity index (χ2v) is 4.39. The molecular formula is C15H22O3. The lowest BCUT2D eigenvalue weighted by Crippen LogP contribution is -2.04. The van der Waals surface area contributed by atoms with Crippen molar-refractivity contribution < 1.29 is 14.3 Å². The predicted octanol–water partition coefficient (Wildman–Crippen LogP) is 3.28. The van der Waals surface area contributed by atoms with Crippen LogP contribution in [-0.4, -0.2) is 19.2 Å². The minimum absolute atomic E-state index is 0.230. The van der Waals surface area contributed by atoms with Gasteiger partial charge < -0.3 is 9.47 Å². The molecule has 0 heterocycles. The van der Waals surface area contributed by atoms with Gasteiger partial charge in [-0.1, -0.05) is 25.5 Å². The fourth-order valence-electron chi connectivity index (χ4n) is 1.67. The number of esters is 1. The van der Waals surface area contributed by atoms with Crippen LogP contribution in [0.1, 0.15) is 37.8 Å². The van der Waals surface area contributed by atoms with E-state index in [2.05, 4.69) is 13.0 Å². The Kier molecular flexibility index (Phi) is 6.26. The van der Waals surface area contributed by atoms with Gasteiger partial charge in [-0.25, -0.2) is 0 Å². The molecule has 0 atom stereocenters. The maximum absolute atomic E-state index is 10.7. The number of unbranched alkanes of at least 4 members (excludes halogenated alkanes) is 1. The lowest BCUT2D eigenvalue weighted by molar-refractivity contribution is -0.140. The van der Waals surface area contributed by atoms with Crippen molar-refractivity contribution in [2.45, 2.75) is 40.0 Å². The number of rotatable bonds is 7. The van der Waals surface area contributed by atoms with Gasteiger partial charge in [0.25, 0.3) is 0 Å². The quantitative estimate of drug-likeness (QED) is 0.550. The van der Waals surface area contributed by atoms with Crippen LogP contribution in [0.2, 0.25) is 0 Å². The molecule has 0 spiro atoms. The van der Waals surface area contributed by atoms with Crippen LogP contribution >= 0.6 is 0 Å². The number of aryl methyl sites for hydroxylation is 1. The van der Waals surface area contributed by atoms with Crippen LogP contribution in [0.15, 0.2) is 18.2 Å². The molecule has 3 nitrogen and oxygen atoms in total. The largest absolute Gasteiger partial charge is 0.493 e. The van der Waals surface area contributed by atoms with Crippen molar-refractivity contribution in [3.8, 4) is 5.75 Å². The second-order valence-electron chi connectivity index (χ2n) is 4.39. The van der Waals surface area contributed by atoms with E-state index >= 15 is 0 Å². The van der Waals surface area contributed by atoms with Crippen molar-refractivity contribution in [1.29, 1.82) is 0 Å². The molecule has 0 unspecified atom stereocenters. The van der Waals surface area contributed by atoms with Gasteiger partial charge in [0.1, 0.15) is 5.75 Å². The number of ether oxygens (including phenoxy) is 2. The maximum atomic E-state index is 10.7. The third kappa shape index (κ3) is 5.21. The van der Waals surface area contributed by atoms with Gasteiger partial charge in [0, 0.05) is 13.3 Å². The zero-order valence-corrected chi connectivity index (χ0v) is 11.5. The number of carbonyl (C=O) groups excluding carboxylic acids is 1. The van der Waals surface area contributed by atoms with Crippen molar-refractivity contribution in [2.24, 2.45) is 0 Å². The number of benzene rings is 1. The molecule has 1 rings (SSSR count). The predicted molar refractivity (Wildman–Crippen MR) is 71.9 cm³/mol. The van der Waals surface area contributed by atoms with Crippen molar-refractivity contribution in [2.75, 3.05) is 13.2 Å². The summed E-state index contributed by atoms with van der Waals surface area (Å²) in [4.78, 5) is 10.7. The van der Waals surface area contributed by atoms with E-state index in [9.17, 15) is 4.79 Å². The molecule has 0 saturated carbocycles. The van der Waals surface area contributed by atoms with E-state index in [1.54, 1.807) is 0 Å². The van der Waals surface area contributed by atoms with Gasteiger partial charge in [-0.2, -0.15) is 0 Å². The Morgan fingerprint density at radius 3 is 2.67 bits per heavy atom. The fraction of sp³-hybridized carbons (Fsp3) is 0.533. The SMILES string of the molecule is CCCCOc1ccc(CCOC(C)=O)cc1C. The van der Waals surface area contributed by atoms with E-state index in [1.165, 1.54) is 6.92 Å². The lowest BCUT2D eigenvalue weighted by atomic mass is 10.1. The molecule has 1 aromatic rings. The van der Waals surface area contributed by atoms with E-state index in [-0.39, 0.29) is 5.97 Å². The molecule has 0 saturated heterocycles. The molecule has 18 heavy (non-hydrogen) atoms. The maximum Gasteiger partial charge on any atom is 0.302 e. The molecule has 0 N–H and O–H groups in total. The Hall–Kier alpha value is -1.51. The smallest absolute Gasteiger partial charge is 0.302 e. The summed E-state index contributed by atoms with van der Waals surface area (Å²) in [7, 11) is 0. The molecule has 0 fully saturated rings. The van der Waals surface area contributed by atoms with Crippen LogP contribution in [-0.2, 0) is 16.0 Å². The van der Waals surface area contributed by atoms with Crippen molar-refractivity contribution >= 4 is 5.97 Å². The Morgan fingerprint density at radius 1 is 1.28 bits per heavy atom. The first kappa shape index (κ1) is 14.6. The summed E-state index contributed by atoms with van der Waals surface area (Å²) >= 11 is 0. The summed E-state index contributed by atoms with van der Waals surface area (Å²) < 4.78 is 10.6. The first-order valence-corrected chi connectivity index (χ1v) is 6.49. The highest BCUT2D eigenvalue weighted by Gasteiger charge is 2.02. The zero-order chi connectivity index (χ0) is 13.4. The van der Waals surface area contributed by atoms with E-state index in [0.717, 1.165) is 42.7 Å². The Bertz CT molecular complexity index is 385. The lowest BCUT2D eigenvalue weighted by Gasteiger charge is -2.10. The molecule has 0 aliphatic rings. The van der Waals surface area contributed by atoms with Crippen molar-refractivity contribution in [3.63, 3.8) is 0 Å². The van der Waals surface area contributed by atoms with Crippen LogP contribution < -0.4 is 4.74 Å². The number of hydrogen-bond acceptors (Lipinski definition) is 3. The van der Waals surface area contributed by atoms with Gasteiger partial charge in [-0.15, -0.1) is 0 Å². The van der Waals surface area contributed by atoms with Crippen LogP contribution in [0.3, 0.4) is 0 Å². The first-order chi connectivity index (χ1) is 8.63. The monoisotopic (exact) mass is 250 g/mol. The number of carbonyl (C=O) groups is 1. The van der Waals surface area contributed by atoms with E-state index in [0.29, 0.717) is 6.61 Å². The summed E-state index contributed by atoms with van der Waals surface area (Å²) in [5.41, 5.74) is 2.29. The van der Waals surface area contributed by atoms with Gasteiger partial charge in [0.2, 0.25) is 0 Å². The normalized spacial score (nSPS) is 10.2. The van der Waals surface area contributed by atoms with E-state index in [4.69, 9.17) is 9.47 Å². The van der Waals surface area contributed by atoms with Crippen LogP contribution in [0.25, 0.3) is 0 Å². The van der Waals surface area contributed by atoms with Gasteiger partial charge in [0.15, 0.2) is 0 Å². The summed E-state index contributed by atoms with van der Waals surface area (Å²) in [6.45, 7) is 6.82. The average molecular weight is 250 g/mol. The number of hydrogen-bond donors (Lipinski definition) is 0. The Balaban J connectivity index is 2.48. The van der Waals surface area contributed by atoms with E-state index < -0.39 is 0 Å². The van der Waals surface area contributed by atoms with Crippen molar-refractivity contribution in [1.82, 2.24) is 0 Å². The summed E-state index contributed by atoms with van der Waals surface area (Å²) in [6, 6.07) is 6.11. The average Bonchev–Trinajstić information content (AvgIpc) is 2.31. The highest BCUT2D eigenvalue weighted by atomic mass is 16.5. The molecule has 100 valence electrons. The molecule has 0 amide bonds. The molecule has 0 radical (unpaired) electrons. The third-order valence-corrected chi connectivity index (χ3v) is 2.69. The van der Waals surface area contributed by atoms with Gasteiger partial charge >= 0.3 is 5.97 Å². The molecule has 0 aliphatic heterocycles. The minimum atomic E-state index is -0.230.